The smallest absolute Gasteiger partial charge is 0.408 e. The molecular formula is C10H17N3O2S. The van der Waals surface area contributed by atoms with Crippen molar-refractivity contribution in [1.82, 2.24) is 10.3 Å². The van der Waals surface area contributed by atoms with Gasteiger partial charge in [0.25, 0.3) is 0 Å². The fraction of sp³-hybridized carbons (Fsp3) is 0.600. The van der Waals surface area contributed by atoms with E-state index in [4.69, 9.17) is 10.5 Å². The van der Waals surface area contributed by atoms with E-state index >= 15 is 0 Å². The van der Waals surface area contributed by atoms with Crippen molar-refractivity contribution in [1.29, 1.82) is 0 Å². The van der Waals surface area contributed by atoms with E-state index in [1.165, 1.54) is 11.3 Å². The Morgan fingerprint density at radius 3 is 2.81 bits per heavy atom. The fourth-order valence-electron chi connectivity index (χ4n) is 0.986. The zero-order valence-electron chi connectivity index (χ0n) is 9.74. The van der Waals surface area contributed by atoms with E-state index in [2.05, 4.69) is 10.3 Å². The molecular weight excluding hydrogens is 226 g/mol. The molecule has 0 saturated heterocycles. The van der Waals surface area contributed by atoms with Gasteiger partial charge >= 0.3 is 6.09 Å². The Hall–Kier alpha value is -1.14. The second-order valence-electron chi connectivity index (χ2n) is 4.28. The third-order valence-corrected chi connectivity index (χ3v) is 2.61. The average Bonchev–Trinajstić information content (AvgIpc) is 2.59. The maximum Gasteiger partial charge on any atom is 0.408 e. The van der Waals surface area contributed by atoms with E-state index in [9.17, 15) is 4.79 Å². The van der Waals surface area contributed by atoms with Crippen molar-refractivity contribution in [2.75, 3.05) is 0 Å². The number of carbonyl (C=O) groups is 1. The number of aromatic nitrogens is 1. The number of rotatable bonds is 3. The van der Waals surface area contributed by atoms with E-state index in [1.54, 1.807) is 6.20 Å². The van der Waals surface area contributed by atoms with Crippen molar-refractivity contribution in [2.45, 2.75) is 39.5 Å². The minimum absolute atomic E-state index is 0.375. The van der Waals surface area contributed by atoms with Crippen molar-refractivity contribution < 1.29 is 9.53 Å². The van der Waals surface area contributed by atoms with Crippen molar-refractivity contribution >= 4 is 17.4 Å². The number of nitrogens with one attached hydrogen (secondary N) is 1. The first kappa shape index (κ1) is 12.9. The molecule has 3 N–H and O–H groups in total. The normalized spacial score (nSPS) is 11.2. The summed E-state index contributed by atoms with van der Waals surface area (Å²) in [6.45, 7) is 6.32. The lowest BCUT2D eigenvalue weighted by Gasteiger charge is -2.19. The van der Waals surface area contributed by atoms with Crippen molar-refractivity contribution in [2.24, 2.45) is 5.73 Å². The maximum atomic E-state index is 11.3. The Balaban J connectivity index is 2.37. The summed E-state index contributed by atoms with van der Waals surface area (Å²) in [6, 6.07) is 0. The summed E-state index contributed by atoms with van der Waals surface area (Å²) < 4.78 is 5.09. The second kappa shape index (κ2) is 5.27. The van der Waals surface area contributed by atoms with E-state index in [-0.39, 0.29) is 0 Å². The number of nitrogens with zero attached hydrogens (tertiary/aromatic N) is 1. The number of carbonyl (C=O) groups excluding carboxylic acids is 1. The van der Waals surface area contributed by atoms with Crippen LogP contribution in [0.3, 0.4) is 0 Å². The molecule has 0 aromatic carbocycles. The third-order valence-electron chi connectivity index (χ3n) is 1.59. The van der Waals surface area contributed by atoms with E-state index in [0.717, 1.165) is 9.88 Å². The van der Waals surface area contributed by atoms with Crippen LogP contribution in [0.5, 0.6) is 0 Å². The number of hydrogen-bond donors (Lipinski definition) is 2. The molecule has 16 heavy (non-hydrogen) atoms. The Morgan fingerprint density at radius 2 is 2.31 bits per heavy atom. The molecule has 0 saturated carbocycles. The fourth-order valence-corrected chi connectivity index (χ4v) is 1.73. The van der Waals surface area contributed by atoms with Gasteiger partial charge in [0.1, 0.15) is 10.6 Å². The minimum Gasteiger partial charge on any atom is -0.444 e. The van der Waals surface area contributed by atoms with Crippen LogP contribution in [0.4, 0.5) is 4.79 Å². The molecule has 0 unspecified atom stereocenters. The molecule has 6 heteroatoms. The van der Waals surface area contributed by atoms with E-state index in [0.29, 0.717) is 13.1 Å². The number of thiazole rings is 1. The molecule has 0 aliphatic carbocycles. The highest BCUT2D eigenvalue weighted by atomic mass is 32.1. The van der Waals surface area contributed by atoms with Crippen LogP contribution in [0.15, 0.2) is 6.20 Å². The molecule has 0 spiro atoms. The third kappa shape index (κ3) is 4.59. The molecule has 1 aromatic rings. The summed E-state index contributed by atoms with van der Waals surface area (Å²) in [7, 11) is 0. The number of nitrogens with two attached hydrogens (primary N) is 1. The monoisotopic (exact) mass is 243 g/mol. The first-order chi connectivity index (χ1) is 7.40. The van der Waals surface area contributed by atoms with Crippen LogP contribution in [0.2, 0.25) is 0 Å². The Bertz CT molecular complexity index is 357. The standard InChI is InChI=1S/C10H17N3O2S/c1-10(2,3)15-9(14)13-6-8-12-5-7(4-11)16-8/h5H,4,6,11H2,1-3H3,(H,13,14). The lowest BCUT2D eigenvalue weighted by atomic mass is 10.2. The summed E-state index contributed by atoms with van der Waals surface area (Å²) in [5.74, 6) is 0. The number of alkyl carbamates (subject to hydrolysis) is 1. The first-order valence-electron chi connectivity index (χ1n) is 5.01. The average molecular weight is 243 g/mol. The summed E-state index contributed by atoms with van der Waals surface area (Å²) in [4.78, 5) is 16.5. The molecule has 90 valence electrons. The van der Waals surface area contributed by atoms with Gasteiger partial charge < -0.3 is 15.8 Å². The zero-order valence-corrected chi connectivity index (χ0v) is 10.6. The molecule has 1 rings (SSSR count). The van der Waals surface area contributed by atoms with Crippen molar-refractivity contribution in [3.8, 4) is 0 Å². The van der Waals surface area contributed by atoms with Crippen LogP contribution in [-0.2, 0) is 17.8 Å². The number of amides is 1. The van der Waals surface area contributed by atoms with Gasteiger partial charge in [-0.05, 0) is 20.8 Å². The zero-order chi connectivity index (χ0) is 12.2. The van der Waals surface area contributed by atoms with Crippen LogP contribution in [0.25, 0.3) is 0 Å². The minimum atomic E-state index is -0.477. The SMILES string of the molecule is CC(C)(C)OC(=O)NCc1ncc(CN)s1. The Labute approximate surface area is 99.0 Å². The molecule has 1 aromatic heterocycles. The van der Waals surface area contributed by atoms with Gasteiger partial charge in [-0.3, -0.25) is 0 Å². The highest BCUT2D eigenvalue weighted by Crippen LogP contribution is 2.12. The predicted molar refractivity (Wildman–Crippen MR) is 63.1 cm³/mol. The van der Waals surface area contributed by atoms with E-state index < -0.39 is 11.7 Å². The van der Waals surface area contributed by atoms with Gasteiger partial charge in [-0.15, -0.1) is 11.3 Å². The van der Waals surface area contributed by atoms with Gasteiger partial charge in [-0.25, -0.2) is 9.78 Å². The molecule has 0 bridgehead atoms. The first-order valence-corrected chi connectivity index (χ1v) is 5.83. The molecule has 1 heterocycles. The van der Waals surface area contributed by atoms with Crippen LogP contribution in [0, 0.1) is 0 Å². The largest absolute Gasteiger partial charge is 0.444 e. The van der Waals surface area contributed by atoms with Crippen molar-refractivity contribution in [3.05, 3.63) is 16.1 Å². The maximum absolute atomic E-state index is 11.3. The van der Waals surface area contributed by atoms with Gasteiger partial charge in [0.2, 0.25) is 0 Å². The van der Waals surface area contributed by atoms with E-state index in [1.807, 2.05) is 20.8 Å². The Kier molecular flexibility index (Phi) is 4.26. The highest BCUT2D eigenvalue weighted by molar-refractivity contribution is 7.11. The van der Waals surface area contributed by atoms with Crippen LogP contribution >= 0.6 is 11.3 Å². The van der Waals surface area contributed by atoms with Gasteiger partial charge in [-0.1, -0.05) is 0 Å². The lowest BCUT2D eigenvalue weighted by molar-refractivity contribution is 0.0523. The Morgan fingerprint density at radius 1 is 1.62 bits per heavy atom. The quantitative estimate of drug-likeness (QED) is 0.845. The molecule has 0 aliphatic rings. The molecule has 0 atom stereocenters. The highest BCUT2D eigenvalue weighted by Gasteiger charge is 2.15. The van der Waals surface area contributed by atoms with Gasteiger partial charge in [0, 0.05) is 17.6 Å². The van der Waals surface area contributed by atoms with Crippen LogP contribution in [0.1, 0.15) is 30.7 Å². The summed E-state index contributed by atoms with van der Waals surface area (Å²) in [5.41, 5.74) is 4.98. The number of ether oxygens (including phenoxy) is 1. The lowest BCUT2D eigenvalue weighted by Crippen LogP contribution is -2.32. The second-order valence-corrected chi connectivity index (χ2v) is 5.48. The molecule has 0 fully saturated rings. The topological polar surface area (TPSA) is 77.2 Å². The molecule has 5 nitrogen and oxygen atoms in total. The summed E-state index contributed by atoms with van der Waals surface area (Å²) in [5, 5.41) is 3.46. The molecule has 0 aliphatic heterocycles. The molecule has 0 radical (unpaired) electrons. The van der Waals surface area contributed by atoms with Crippen molar-refractivity contribution in [3.63, 3.8) is 0 Å². The molecule has 1 amide bonds. The van der Waals surface area contributed by atoms with Gasteiger partial charge in [-0.2, -0.15) is 0 Å². The summed E-state index contributed by atoms with van der Waals surface area (Å²) in [6.07, 6.45) is 1.29. The van der Waals surface area contributed by atoms with Crippen LogP contribution < -0.4 is 11.1 Å². The predicted octanol–water partition coefficient (Wildman–Crippen LogP) is 1.63. The van der Waals surface area contributed by atoms with Gasteiger partial charge in [0.15, 0.2) is 0 Å². The van der Waals surface area contributed by atoms with Gasteiger partial charge in [0.05, 0.1) is 6.54 Å². The summed E-state index contributed by atoms with van der Waals surface area (Å²) >= 11 is 1.49. The van der Waals surface area contributed by atoms with Crippen LogP contribution in [-0.4, -0.2) is 16.7 Å². The number of hydrogen-bond acceptors (Lipinski definition) is 5.